The molecule has 1 aromatic rings. The van der Waals surface area contributed by atoms with Gasteiger partial charge in [-0.2, -0.15) is 0 Å². The molecule has 0 fully saturated rings. The van der Waals surface area contributed by atoms with Gasteiger partial charge >= 0.3 is 5.97 Å². The van der Waals surface area contributed by atoms with Crippen LogP contribution < -0.4 is 9.47 Å². The van der Waals surface area contributed by atoms with Crippen LogP contribution in [0.2, 0.25) is 0 Å². The lowest BCUT2D eigenvalue weighted by atomic mass is 9.98. The number of esters is 1. The molecule has 0 aliphatic carbocycles. The SMILES string of the molecule is CCOc1ccc2c(c1)OC(=O)C(OC)C2=C=O.Cl. The third kappa shape index (κ3) is 2.79. The molecule has 2 rings (SSSR count). The van der Waals surface area contributed by atoms with Crippen LogP contribution in [-0.2, 0) is 14.3 Å². The second kappa shape index (κ2) is 6.38. The van der Waals surface area contributed by atoms with Crippen LogP contribution >= 0.6 is 12.4 Å². The van der Waals surface area contributed by atoms with Gasteiger partial charge < -0.3 is 14.2 Å². The fraction of sp³-hybridized carbons (Fsp3) is 0.308. The summed E-state index contributed by atoms with van der Waals surface area (Å²) in [7, 11) is 1.34. The number of carbonyl (C=O) groups is 1. The molecule has 5 nitrogen and oxygen atoms in total. The van der Waals surface area contributed by atoms with Crippen molar-refractivity contribution in [1.29, 1.82) is 0 Å². The van der Waals surface area contributed by atoms with Crippen LogP contribution in [0.3, 0.4) is 0 Å². The van der Waals surface area contributed by atoms with Gasteiger partial charge in [0, 0.05) is 18.7 Å². The second-order valence-electron chi connectivity index (χ2n) is 3.64. The predicted molar refractivity (Wildman–Crippen MR) is 70.4 cm³/mol. The Morgan fingerprint density at radius 3 is 2.74 bits per heavy atom. The molecule has 0 amide bonds. The molecule has 1 atom stereocenters. The number of hydrogen-bond donors (Lipinski definition) is 0. The number of rotatable bonds is 3. The highest BCUT2D eigenvalue weighted by atomic mass is 35.5. The van der Waals surface area contributed by atoms with Crippen molar-refractivity contribution in [1.82, 2.24) is 0 Å². The Balaban J connectivity index is 0.00000180. The van der Waals surface area contributed by atoms with Crippen molar-refractivity contribution >= 4 is 29.9 Å². The first-order chi connectivity index (χ1) is 8.71. The molecular formula is C13H13ClO5. The molecule has 0 N–H and O–H groups in total. The van der Waals surface area contributed by atoms with E-state index in [9.17, 15) is 9.59 Å². The van der Waals surface area contributed by atoms with Crippen molar-refractivity contribution in [2.24, 2.45) is 0 Å². The number of ether oxygens (including phenoxy) is 3. The van der Waals surface area contributed by atoms with E-state index in [0.717, 1.165) is 0 Å². The van der Waals surface area contributed by atoms with Crippen molar-refractivity contribution in [3.8, 4) is 11.5 Å². The maximum atomic E-state index is 11.6. The lowest BCUT2D eigenvalue weighted by Gasteiger charge is -2.23. The van der Waals surface area contributed by atoms with Crippen molar-refractivity contribution < 1.29 is 23.8 Å². The van der Waals surface area contributed by atoms with Crippen molar-refractivity contribution in [2.45, 2.75) is 13.0 Å². The summed E-state index contributed by atoms with van der Waals surface area (Å²) >= 11 is 0. The summed E-state index contributed by atoms with van der Waals surface area (Å²) in [6, 6.07) is 4.92. The molecular weight excluding hydrogens is 272 g/mol. The summed E-state index contributed by atoms with van der Waals surface area (Å²) < 4.78 is 15.3. The molecule has 0 radical (unpaired) electrons. The minimum atomic E-state index is -1.02. The van der Waals surface area contributed by atoms with E-state index in [2.05, 4.69) is 0 Å². The highest BCUT2D eigenvalue weighted by Gasteiger charge is 2.34. The average molecular weight is 285 g/mol. The Morgan fingerprint density at radius 1 is 1.42 bits per heavy atom. The number of hydrogen-bond acceptors (Lipinski definition) is 5. The molecule has 0 saturated heterocycles. The van der Waals surface area contributed by atoms with Crippen molar-refractivity contribution in [3.05, 3.63) is 23.8 Å². The fourth-order valence-electron chi connectivity index (χ4n) is 1.81. The molecule has 6 heteroatoms. The van der Waals surface area contributed by atoms with Gasteiger partial charge in [0.05, 0.1) is 12.2 Å². The highest BCUT2D eigenvalue weighted by molar-refractivity contribution is 6.05. The summed E-state index contributed by atoms with van der Waals surface area (Å²) in [6.45, 7) is 2.35. The van der Waals surface area contributed by atoms with E-state index < -0.39 is 12.1 Å². The molecule has 1 aliphatic rings. The van der Waals surface area contributed by atoms with Crippen LogP contribution in [0.25, 0.3) is 5.57 Å². The molecule has 1 aromatic carbocycles. The molecule has 102 valence electrons. The number of methoxy groups -OCH3 is 1. The molecule has 1 unspecified atom stereocenters. The minimum Gasteiger partial charge on any atom is -0.494 e. The zero-order chi connectivity index (χ0) is 13.1. The Labute approximate surface area is 116 Å². The maximum absolute atomic E-state index is 11.6. The lowest BCUT2D eigenvalue weighted by molar-refractivity contribution is -0.142. The fourth-order valence-corrected chi connectivity index (χ4v) is 1.81. The molecule has 0 saturated carbocycles. The van der Waals surface area contributed by atoms with Crippen LogP contribution in [0.4, 0.5) is 0 Å². The standard InChI is InChI=1S/C13H12O5.ClH/c1-3-17-8-4-5-9-10(7-14)12(16-2)13(15)18-11(9)6-8;/h4-6,12H,3H2,1-2H3;1H. The minimum absolute atomic E-state index is 0. The molecule has 1 aliphatic heterocycles. The van der Waals surface area contributed by atoms with Crippen LogP contribution in [0.15, 0.2) is 18.2 Å². The third-order valence-corrected chi connectivity index (χ3v) is 2.59. The zero-order valence-corrected chi connectivity index (χ0v) is 11.3. The summed E-state index contributed by atoms with van der Waals surface area (Å²) in [5.41, 5.74) is 0.645. The first-order valence-electron chi connectivity index (χ1n) is 5.48. The van der Waals surface area contributed by atoms with E-state index in [1.165, 1.54) is 7.11 Å². The van der Waals surface area contributed by atoms with Crippen LogP contribution in [0.1, 0.15) is 12.5 Å². The third-order valence-electron chi connectivity index (χ3n) is 2.59. The van der Waals surface area contributed by atoms with E-state index in [-0.39, 0.29) is 23.7 Å². The largest absolute Gasteiger partial charge is 0.494 e. The lowest BCUT2D eigenvalue weighted by Crippen LogP contribution is -2.33. The van der Waals surface area contributed by atoms with E-state index in [4.69, 9.17) is 14.2 Å². The predicted octanol–water partition coefficient (Wildman–Crippen LogP) is 1.66. The monoisotopic (exact) mass is 284 g/mol. The first kappa shape index (κ1) is 15.2. The quantitative estimate of drug-likeness (QED) is 0.480. The van der Waals surface area contributed by atoms with Gasteiger partial charge in [-0.25, -0.2) is 9.59 Å². The average Bonchev–Trinajstić information content (AvgIpc) is 2.37. The van der Waals surface area contributed by atoms with E-state index in [0.29, 0.717) is 17.9 Å². The van der Waals surface area contributed by atoms with Crippen LogP contribution in [0, 0.1) is 0 Å². The van der Waals surface area contributed by atoms with Gasteiger partial charge in [0.15, 0.2) is 6.10 Å². The Kier molecular flexibility index (Phi) is 5.12. The number of halogens is 1. The summed E-state index contributed by atoms with van der Waals surface area (Å²) in [6.07, 6.45) is -1.02. The van der Waals surface area contributed by atoms with E-state index >= 15 is 0 Å². The molecule has 0 spiro atoms. The topological polar surface area (TPSA) is 61.8 Å². The summed E-state index contributed by atoms with van der Waals surface area (Å²) in [4.78, 5) is 22.6. The van der Waals surface area contributed by atoms with Gasteiger partial charge in [-0.05, 0) is 19.1 Å². The second-order valence-corrected chi connectivity index (χ2v) is 3.64. The number of fused-ring (bicyclic) bond motifs is 1. The van der Waals surface area contributed by atoms with Crippen molar-refractivity contribution in [3.63, 3.8) is 0 Å². The van der Waals surface area contributed by atoms with Crippen molar-refractivity contribution in [2.75, 3.05) is 13.7 Å². The maximum Gasteiger partial charge on any atom is 0.346 e. The molecule has 1 heterocycles. The zero-order valence-electron chi connectivity index (χ0n) is 10.5. The van der Waals surface area contributed by atoms with Gasteiger partial charge in [0.1, 0.15) is 17.4 Å². The van der Waals surface area contributed by atoms with E-state index in [1.807, 2.05) is 6.92 Å². The summed E-state index contributed by atoms with van der Waals surface area (Å²) in [5, 5.41) is 0. The highest BCUT2D eigenvalue weighted by Crippen LogP contribution is 2.35. The number of carbonyl (C=O) groups excluding carboxylic acids is 2. The molecule has 19 heavy (non-hydrogen) atoms. The normalized spacial score (nSPS) is 16.8. The molecule has 0 aromatic heterocycles. The van der Waals surface area contributed by atoms with Gasteiger partial charge in [0.2, 0.25) is 0 Å². The van der Waals surface area contributed by atoms with Gasteiger partial charge in [0.25, 0.3) is 0 Å². The Bertz CT molecular complexity index is 534. The van der Waals surface area contributed by atoms with Gasteiger partial charge in [-0.1, -0.05) is 0 Å². The Morgan fingerprint density at radius 2 is 2.16 bits per heavy atom. The van der Waals surface area contributed by atoms with Gasteiger partial charge in [-0.15, -0.1) is 12.4 Å². The Hall–Kier alpha value is -1.81. The van der Waals surface area contributed by atoms with Crippen LogP contribution in [0.5, 0.6) is 11.5 Å². The molecule has 0 bridgehead atoms. The van der Waals surface area contributed by atoms with Crippen LogP contribution in [-0.4, -0.2) is 31.7 Å². The van der Waals surface area contributed by atoms with E-state index in [1.54, 1.807) is 24.1 Å². The summed E-state index contributed by atoms with van der Waals surface area (Å²) in [5.74, 6) is 1.98. The smallest absolute Gasteiger partial charge is 0.346 e. The van der Waals surface area contributed by atoms with Gasteiger partial charge in [-0.3, -0.25) is 0 Å². The first-order valence-corrected chi connectivity index (χ1v) is 5.48. The number of benzene rings is 1.